The van der Waals surface area contributed by atoms with Gasteiger partial charge in [-0.15, -0.1) is 0 Å². The van der Waals surface area contributed by atoms with Crippen molar-refractivity contribution in [2.75, 3.05) is 0 Å². The van der Waals surface area contributed by atoms with Gasteiger partial charge in [0.15, 0.2) is 6.10 Å². The molecule has 1 aromatic carbocycles. The summed E-state index contributed by atoms with van der Waals surface area (Å²) in [5.74, 6) is -0.227. The number of rotatable bonds is 2. The van der Waals surface area contributed by atoms with Crippen molar-refractivity contribution in [3.8, 4) is 5.75 Å². The standard InChI is InChI=1S/C11H13NO3/c12-6-7-1-3-9-8(5-7)2-4-10(15-9)11(13)14/h1,3,5,10H,2,4,6,12H2,(H,13,14). The third-order valence-electron chi connectivity index (χ3n) is 2.58. The maximum atomic E-state index is 10.7. The summed E-state index contributed by atoms with van der Waals surface area (Å²) in [6, 6.07) is 5.64. The van der Waals surface area contributed by atoms with Crippen molar-refractivity contribution in [2.45, 2.75) is 25.5 Å². The van der Waals surface area contributed by atoms with E-state index >= 15 is 0 Å². The van der Waals surface area contributed by atoms with Gasteiger partial charge >= 0.3 is 5.97 Å². The van der Waals surface area contributed by atoms with Crippen molar-refractivity contribution in [3.05, 3.63) is 29.3 Å². The highest BCUT2D eigenvalue weighted by molar-refractivity contribution is 5.73. The van der Waals surface area contributed by atoms with Gasteiger partial charge in [-0.05, 0) is 30.0 Å². The molecule has 3 N–H and O–H groups in total. The minimum Gasteiger partial charge on any atom is -0.479 e. The summed E-state index contributed by atoms with van der Waals surface area (Å²) in [6.07, 6.45) is 0.553. The maximum absolute atomic E-state index is 10.7. The van der Waals surface area contributed by atoms with Crippen molar-refractivity contribution in [2.24, 2.45) is 5.73 Å². The quantitative estimate of drug-likeness (QED) is 0.756. The Balaban J connectivity index is 2.24. The number of carboxylic acid groups (broad SMARTS) is 1. The number of carbonyl (C=O) groups is 1. The molecule has 0 aliphatic carbocycles. The van der Waals surface area contributed by atoms with Crippen LogP contribution in [0.1, 0.15) is 17.5 Å². The van der Waals surface area contributed by atoms with Crippen LogP contribution < -0.4 is 10.5 Å². The van der Waals surface area contributed by atoms with Gasteiger partial charge in [0.25, 0.3) is 0 Å². The van der Waals surface area contributed by atoms with Crippen LogP contribution in [0.15, 0.2) is 18.2 Å². The molecule has 0 aromatic heterocycles. The molecule has 1 aliphatic rings. The first-order valence-electron chi connectivity index (χ1n) is 4.92. The van der Waals surface area contributed by atoms with Gasteiger partial charge in [-0.1, -0.05) is 12.1 Å². The third-order valence-corrected chi connectivity index (χ3v) is 2.58. The van der Waals surface area contributed by atoms with Gasteiger partial charge < -0.3 is 15.6 Å². The fourth-order valence-electron chi connectivity index (χ4n) is 1.74. The summed E-state index contributed by atoms with van der Waals surface area (Å²) < 4.78 is 5.35. The first-order chi connectivity index (χ1) is 7.20. The van der Waals surface area contributed by atoms with Crippen molar-refractivity contribution < 1.29 is 14.6 Å². The average Bonchev–Trinajstić information content (AvgIpc) is 2.27. The van der Waals surface area contributed by atoms with Crippen LogP contribution in [0.4, 0.5) is 0 Å². The lowest BCUT2D eigenvalue weighted by molar-refractivity contribution is -0.145. The van der Waals surface area contributed by atoms with Crippen LogP contribution >= 0.6 is 0 Å². The van der Waals surface area contributed by atoms with Crippen LogP contribution in [0, 0.1) is 0 Å². The Bertz CT molecular complexity index is 389. The van der Waals surface area contributed by atoms with E-state index < -0.39 is 12.1 Å². The van der Waals surface area contributed by atoms with Crippen LogP contribution in [0.3, 0.4) is 0 Å². The van der Waals surface area contributed by atoms with E-state index in [9.17, 15) is 4.79 Å². The molecule has 1 aromatic rings. The van der Waals surface area contributed by atoms with Crippen molar-refractivity contribution in [1.29, 1.82) is 0 Å². The highest BCUT2D eigenvalue weighted by Gasteiger charge is 2.25. The Morgan fingerprint density at radius 2 is 2.40 bits per heavy atom. The zero-order valence-corrected chi connectivity index (χ0v) is 8.27. The molecule has 0 saturated carbocycles. The molecule has 1 atom stereocenters. The van der Waals surface area contributed by atoms with Gasteiger partial charge in [0, 0.05) is 6.54 Å². The van der Waals surface area contributed by atoms with E-state index in [0.717, 1.165) is 17.5 Å². The van der Waals surface area contributed by atoms with E-state index in [1.54, 1.807) is 6.07 Å². The minimum atomic E-state index is -0.899. The van der Waals surface area contributed by atoms with E-state index in [0.29, 0.717) is 18.7 Å². The van der Waals surface area contributed by atoms with Crippen LogP contribution in [0.5, 0.6) is 5.75 Å². The SMILES string of the molecule is NCc1ccc2c(c1)CCC(C(=O)O)O2. The molecule has 1 aliphatic heterocycles. The molecule has 0 radical (unpaired) electrons. The molecule has 2 rings (SSSR count). The monoisotopic (exact) mass is 207 g/mol. The Hall–Kier alpha value is -1.55. The van der Waals surface area contributed by atoms with Gasteiger partial charge in [0.1, 0.15) is 5.75 Å². The van der Waals surface area contributed by atoms with Crippen LogP contribution in [-0.2, 0) is 17.8 Å². The van der Waals surface area contributed by atoms with Gasteiger partial charge in [-0.2, -0.15) is 0 Å². The van der Waals surface area contributed by atoms with Gasteiger partial charge in [-0.25, -0.2) is 4.79 Å². The second-order valence-corrected chi connectivity index (χ2v) is 3.63. The number of ether oxygens (including phenoxy) is 1. The maximum Gasteiger partial charge on any atom is 0.344 e. The Kier molecular flexibility index (Phi) is 2.60. The molecular weight excluding hydrogens is 194 g/mol. The van der Waals surface area contributed by atoms with Crippen molar-refractivity contribution in [1.82, 2.24) is 0 Å². The smallest absolute Gasteiger partial charge is 0.344 e. The Labute approximate surface area is 87.7 Å². The second-order valence-electron chi connectivity index (χ2n) is 3.63. The molecule has 80 valence electrons. The third kappa shape index (κ3) is 1.94. The van der Waals surface area contributed by atoms with E-state index in [1.807, 2.05) is 12.1 Å². The summed E-state index contributed by atoms with van der Waals surface area (Å²) in [4.78, 5) is 10.7. The number of fused-ring (bicyclic) bond motifs is 1. The van der Waals surface area contributed by atoms with E-state index in [4.69, 9.17) is 15.6 Å². The summed E-state index contributed by atoms with van der Waals surface area (Å²) in [5, 5.41) is 8.82. The lowest BCUT2D eigenvalue weighted by Crippen LogP contribution is -2.30. The number of carboxylic acids is 1. The molecule has 4 nitrogen and oxygen atoms in total. The fraction of sp³-hybridized carbons (Fsp3) is 0.364. The molecule has 15 heavy (non-hydrogen) atoms. The number of hydrogen-bond donors (Lipinski definition) is 2. The normalized spacial score (nSPS) is 19.1. The Morgan fingerprint density at radius 3 is 3.07 bits per heavy atom. The molecule has 0 amide bonds. The minimum absolute atomic E-state index is 0.496. The highest BCUT2D eigenvalue weighted by atomic mass is 16.5. The number of nitrogens with two attached hydrogens (primary N) is 1. The zero-order valence-electron chi connectivity index (χ0n) is 8.27. The second kappa shape index (κ2) is 3.90. The molecule has 1 heterocycles. The summed E-state index contributed by atoms with van der Waals surface area (Å²) >= 11 is 0. The zero-order chi connectivity index (χ0) is 10.8. The molecule has 0 bridgehead atoms. The first kappa shape index (κ1) is 9.98. The lowest BCUT2D eigenvalue weighted by Gasteiger charge is -2.23. The molecule has 4 heteroatoms. The van der Waals surface area contributed by atoms with Crippen molar-refractivity contribution in [3.63, 3.8) is 0 Å². The number of aliphatic carboxylic acids is 1. The molecular formula is C11H13NO3. The predicted molar refractivity (Wildman–Crippen MR) is 54.7 cm³/mol. The Morgan fingerprint density at radius 1 is 1.60 bits per heavy atom. The fourth-order valence-corrected chi connectivity index (χ4v) is 1.74. The summed E-state index contributed by atoms with van der Waals surface area (Å²) in [7, 11) is 0. The lowest BCUT2D eigenvalue weighted by atomic mass is 10.00. The summed E-state index contributed by atoms with van der Waals surface area (Å²) in [5.41, 5.74) is 7.62. The van der Waals surface area contributed by atoms with E-state index in [-0.39, 0.29) is 0 Å². The highest BCUT2D eigenvalue weighted by Crippen LogP contribution is 2.28. The summed E-state index contributed by atoms with van der Waals surface area (Å²) in [6.45, 7) is 0.496. The largest absolute Gasteiger partial charge is 0.479 e. The van der Waals surface area contributed by atoms with E-state index in [1.165, 1.54) is 0 Å². The van der Waals surface area contributed by atoms with Gasteiger partial charge in [0.05, 0.1) is 0 Å². The number of benzene rings is 1. The van der Waals surface area contributed by atoms with Gasteiger partial charge in [-0.3, -0.25) is 0 Å². The average molecular weight is 207 g/mol. The first-order valence-corrected chi connectivity index (χ1v) is 4.92. The van der Waals surface area contributed by atoms with Gasteiger partial charge in [0.2, 0.25) is 0 Å². The van der Waals surface area contributed by atoms with Crippen LogP contribution in [0.25, 0.3) is 0 Å². The van der Waals surface area contributed by atoms with Crippen molar-refractivity contribution >= 4 is 5.97 Å². The number of hydrogen-bond acceptors (Lipinski definition) is 3. The van der Waals surface area contributed by atoms with Crippen LogP contribution in [0.2, 0.25) is 0 Å². The molecule has 0 saturated heterocycles. The molecule has 0 fully saturated rings. The number of aryl methyl sites for hydroxylation is 1. The molecule has 1 unspecified atom stereocenters. The molecule has 0 spiro atoms. The predicted octanol–water partition coefficient (Wildman–Crippen LogP) is 0.923. The van der Waals surface area contributed by atoms with Crippen LogP contribution in [-0.4, -0.2) is 17.2 Å². The topological polar surface area (TPSA) is 72.6 Å². The van der Waals surface area contributed by atoms with E-state index in [2.05, 4.69) is 0 Å².